The zero-order chi connectivity index (χ0) is 14.6. The lowest BCUT2D eigenvalue weighted by molar-refractivity contribution is -0.0209. The Balaban J connectivity index is 2.34. The van der Waals surface area contributed by atoms with Gasteiger partial charge >= 0.3 is 0 Å². The Kier molecular flexibility index (Phi) is 4.97. The van der Waals surface area contributed by atoms with E-state index in [1.54, 1.807) is 0 Å². The first-order chi connectivity index (χ1) is 9.56. The van der Waals surface area contributed by atoms with E-state index in [4.69, 9.17) is 9.72 Å². The lowest BCUT2D eigenvalue weighted by Crippen LogP contribution is -2.26. The van der Waals surface area contributed by atoms with Crippen molar-refractivity contribution >= 4 is 5.82 Å². The first-order valence-electron chi connectivity index (χ1n) is 7.84. The minimum absolute atomic E-state index is 0.437. The molecule has 1 heterocycles. The molecule has 1 saturated carbocycles. The van der Waals surface area contributed by atoms with Crippen LogP contribution in [0.5, 0.6) is 0 Å². The van der Waals surface area contributed by atoms with Crippen LogP contribution in [0.25, 0.3) is 0 Å². The highest BCUT2D eigenvalue weighted by Crippen LogP contribution is 2.35. The summed E-state index contributed by atoms with van der Waals surface area (Å²) < 4.78 is 5.81. The van der Waals surface area contributed by atoms with E-state index in [0.717, 1.165) is 18.2 Å². The van der Waals surface area contributed by atoms with Gasteiger partial charge in [-0.2, -0.15) is 0 Å². The predicted octanol–water partition coefficient (Wildman–Crippen LogP) is 3.84. The van der Waals surface area contributed by atoms with Crippen molar-refractivity contribution in [3.63, 3.8) is 0 Å². The average molecular weight is 277 g/mol. The van der Waals surface area contributed by atoms with Gasteiger partial charge in [-0.15, -0.1) is 0 Å². The van der Waals surface area contributed by atoms with Gasteiger partial charge in [-0.3, -0.25) is 0 Å². The number of ether oxygens (including phenoxy) is 1. The summed E-state index contributed by atoms with van der Waals surface area (Å²) >= 11 is 0. The molecule has 2 rings (SSSR count). The zero-order valence-corrected chi connectivity index (χ0v) is 13.2. The van der Waals surface area contributed by atoms with Crippen LogP contribution in [0.2, 0.25) is 0 Å². The molecule has 0 spiro atoms. The number of aromatic nitrogens is 2. The summed E-state index contributed by atoms with van der Waals surface area (Å²) in [5, 5.41) is 3.32. The maximum atomic E-state index is 5.81. The maximum Gasteiger partial charge on any atom is 0.162 e. The summed E-state index contributed by atoms with van der Waals surface area (Å²) in [5.41, 5.74) is 0.740. The van der Waals surface area contributed by atoms with Gasteiger partial charge in [0.2, 0.25) is 0 Å². The molecular weight excluding hydrogens is 250 g/mol. The molecular formula is C16H27N3O. The minimum Gasteiger partial charge on any atom is -0.370 e. The van der Waals surface area contributed by atoms with Gasteiger partial charge in [0.15, 0.2) is 5.82 Å². The smallest absolute Gasteiger partial charge is 0.162 e. The Morgan fingerprint density at radius 2 is 1.95 bits per heavy atom. The van der Waals surface area contributed by atoms with E-state index in [9.17, 15) is 0 Å². The molecule has 0 amide bonds. The van der Waals surface area contributed by atoms with Crippen molar-refractivity contribution in [2.45, 2.75) is 64.9 Å². The highest BCUT2D eigenvalue weighted by atomic mass is 16.5. The van der Waals surface area contributed by atoms with Gasteiger partial charge in [0.25, 0.3) is 0 Å². The van der Waals surface area contributed by atoms with Crippen LogP contribution in [-0.4, -0.2) is 23.1 Å². The van der Waals surface area contributed by atoms with Crippen LogP contribution in [0, 0.1) is 0 Å². The van der Waals surface area contributed by atoms with E-state index in [2.05, 4.69) is 23.3 Å². The number of nitrogens with zero attached hydrogens (tertiary/aromatic N) is 2. The fourth-order valence-electron chi connectivity index (χ4n) is 2.86. The van der Waals surface area contributed by atoms with Crippen molar-refractivity contribution in [1.82, 2.24) is 9.97 Å². The van der Waals surface area contributed by atoms with E-state index in [1.807, 2.05) is 20.8 Å². The van der Waals surface area contributed by atoms with Gasteiger partial charge in [-0.25, -0.2) is 9.97 Å². The van der Waals surface area contributed by atoms with E-state index in [0.29, 0.717) is 12.5 Å². The molecule has 0 radical (unpaired) electrons. The molecule has 0 unspecified atom stereocenters. The molecule has 0 bridgehead atoms. The SMILES string of the molecule is CCNc1cc(C2CCCC2)nc(C(C)(C)OCC)n1. The second-order valence-corrected chi connectivity index (χ2v) is 5.96. The fraction of sp³-hybridized carbons (Fsp3) is 0.750. The molecule has 0 atom stereocenters. The first kappa shape index (κ1) is 15.2. The van der Waals surface area contributed by atoms with E-state index < -0.39 is 5.60 Å². The van der Waals surface area contributed by atoms with Gasteiger partial charge in [0, 0.05) is 30.8 Å². The Labute approximate surface area is 122 Å². The molecule has 1 aliphatic carbocycles. The molecule has 0 aromatic carbocycles. The lowest BCUT2D eigenvalue weighted by Gasteiger charge is -2.25. The van der Waals surface area contributed by atoms with E-state index >= 15 is 0 Å². The van der Waals surface area contributed by atoms with Crippen molar-refractivity contribution in [3.8, 4) is 0 Å². The summed E-state index contributed by atoms with van der Waals surface area (Å²) in [6.07, 6.45) is 5.12. The summed E-state index contributed by atoms with van der Waals surface area (Å²) in [6, 6.07) is 2.12. The third-order valence-electron chi connectivity index (χ3n) is 3.92. The molecule has 1 N–H and O–H groups in total. The maximum absolute atomic E-state index is 5.81. The fourth-order valence-corrected chi connectivity index (χ4v) is 2.86. The summed E-state index contributed by atoms with van der Waals surface area (Å²) in [7, 11) is 0. The predicted molar refractivity (Wildman–Crippen MR) is 82.1 cm³/mol. The molecule has 20 heavy (non-hydrogen) atoms. The highest BCUT2D eigenvalue weighted by molar-refractivity contribution is 5.38. The average Bonchev–Trinajstić information content (AvgIpc) is 2.92. The highest BCUT2D eigenvalue weighted by Gasteiger charge is 2.27. The van der Waals surface area contributed by atoms with Crippen LogP contribution in [0.15, 0.2) is 6.07 Å². The van der Waals surface area contributed by atoms with Gasteiger partial charge < -0.3 is 10.1 Å². The Bertz CT molecular complexity index is 439. The Morgan fingerprint density at radius 1 is 1.25 bits per heavy atom. The first-order valence-corrected chi connectivity index (χ1v) is 7.84. The van der Waals surface area contributed by atoms with Crippen LogP contribution < -0.4 is 5.32 Å². The van der Waals surface area contributed by atoms with Crippen LogP contribution in [-0.2, 0) is 10.3 Å². The minimum atomic E-state index is -0.437. The van der Waals surface area contributed by atoms with Crippen molar-refractivity contribution in [2.75, 3.05) is 18.5 Å². The van der Waals surface area contributed by atoms with Crippen LogP contribution in [0.3, 0.4) is 0 Å². The second kappa shape index (κ2) is 6.53. The van der Waals surface area contributed by atoms with Crippen LogP contribution >= 0.6 is 0 Å². The quantitative estimate of drug-likeness (QED) is 0.858. The van der Waals surface area contributed by atoms with E-state index in [-0.39, 0.29) is 0 Å². The van der Waals surface area contributed by atoms with Gasteiger partial charge in [-0.1, -0.05) is 12.8 Å². The Hall–Kier alpha value is -1.16. The van der Waals surface area contributed by atoms with Gasteiger partial charge in [0.05, 0.1) is 0 Å². The number of anilines is 1. The van der Waals surface area contributed by atoms with Crippen molar-refractivity contribution in [1.29, 1.82) is 0 Å². The lowest BCUT2D eigenvalue weighted by atomic mass is 10.0. The second-order valence-electron chi connectivity index (χ2n) is 5.96. The van der Waals surface area contributed by atoms with Crippen LogP contribution in [0.4, 0.5) is 5.82 Å². The topological polar surface area (TPSA) is 47.0 Å². The molecule has 1 aromatic rings. The van der Waals surface area contributed by atoms with Gasteiger partial charge in [-0.05, 0) is 40.5 Å². The molecule has 0 aliphatic heterocycles. The third kappa shape index (κ3) is 3.48. The molecule has 1 fully saturated rings. The van der Waals surface area contributed by atoms with Crippen molar-refractivity contribution in [2.24, 2.45) is 0 Å². The molecule has 4 nitrogen and oxygen atoms in total. The number of hydrogen-bond acceptors (Lipinski definition) is 4. The van der Waals surface area contributed by atoms with E-state index in [1.165, 1.54) is 31.4 Å². The molecule has 1 aliphatic rings. The zero-order valence-electron chi connectivity index (χ0n) is 13.2. The summed E-state index contributed by atoms with van der Waals surface area (Å²) in [5.74, 6) is 2.30. The number of nitrogens with one attached hydrogen (secondary N) is 1. The normalized spacial score (nSPS) is 16.6. The standard InChI is InChI=1S/C16H27N3O/c1-5-17-14-11-13(12-9-7-8-10-12)18-15(19-14)16(3,4)20-6-2/h11-12H,5-10H2,1-4H3,(H,17,18,19). The van der Waals surface area contributed by atoms with Crippen LogP contribution in [0.1, 0.15) is 70.8 Å². The molecule has 4 heteroatoms. The number of hydrogen-bond donors (Lipinski definition) is 1. The molecule has 1 aromatic heterocycles. The third-order valence-corrected chi connectivity index (χ3v) is 3.92. The number of rotatable bonds is 6. The summed E-state index contributed by atoms with van der Waals surface area (Å²) in [4.78, 5) is 9.45. The molecule has 112 valence electrons. The van der Waals surface area contributed by atoms with Crippen molar-refractivity contribution in [3.05, 3.63) is 17.6 Å². The summed E-state index contributed by atoms with van der Waals surface area (Å²) in [6.45, 7) is 9.72. The Morgan fingerprint density at radius 3 is 2.55 bits per heavy atom. The largest absolute Gasteiger partial charge is 0.370 e. The van der Waals surface area contributed by atoms with Crippen molar-refractivity contribution < 1.29 is 4.74 Å². The monoisotopic (exact) mass is 277 g/mol. The van der Waals surface area contributed by atoms with Gasteiger partial charge in [0.1, 0.15) is 11.4 Å². The molecule has 0 saturated heterocycles.